The monoisotopic (exact) mass is 403 g/mol. The van der Waals surface area contributed by atoms with Gasteiger partial charge in [0.1, 0.15) is 5.75 Å². The summed E-state index contributed by atoms with van der Waals surface area (Å²) in [6.07, 6.45) is 1.63. The number of carbonyl (C=O) groups excluding carboxylic acids is 1. The van der Waals surface area contributed by atoms with E-state index in [4.69, 9.17) is 23.2 Å². The highest BCUT2D eigenvalue weighted by Gasteiger charge is 2.13. The van der Waals surface area contributed by atoms with E-state index < -0.39 is 5.91 Å². The number of hydrogen-bond acceptors (Lipinski definition) is 4. The van der Waals surface area contributed by atoms with Crippen molar-refractivity contribution in [2.24, 2.45) is 0 Å². The molecule has 138 valence electrons. The third-order valence-corrected chi connectivity index (χ3v) is 4.31. The van der Waals surface area contributed by atoms with Crippen LogP contribution in [-0.4, -0.2) is 16.0 Å². The van der Waals surface area contributed by atoms with E-state index >= 15 is 0 Å². The molecule has 0 saturated heterocycles. The van der Waals surface area contributed by atoms with Gasteiger partial charge in [-0.1, -0.05) is 29.3 Å². The van der Waals surface area contributed by atoms with Crippen molar-refractivity contribution in [2.75, 3.05) is 10.6 Å². The quantitative estimate of drug-likeness (QED) is 0.512. The number of amides is 1. The molecule has 0 bridgehead atoms. The Hall–Kier alpha value is -2.96. The Labute approximate surface area is 164 Å². The van der Waals surface area contributed by atoms with Crippen molar-refractivity contribution in [3.63, 3.8) is 0 Å². The molecule has 3 aromatic rings. The molecule has 0 aliphatic carbocycles. The number of pyridine rings is 1. The molecule has 0 saturated carbocycles. The summed E-state index contributed by atoms with van der Waals surface area (Å²) in [5, 5.41) is 16.3. The lowest BCUT2D eigenvalue weighted by molar-refractivity contribution is 0.102. The fourth-order valence-electron chi connectivity index (χ4n) is 2.36. The number of phenols is 1. The minimum Gasteiger partial charge on any atom is -0.507 e. The molecule has 3 rings (SSSR count). The SMILES string of the molecule is O=C(Nc1ccc(NCc2ccc(=O)[nH]c2)cc1Cl)c1cc(Cl)ccc1O. The molecule has 1 aromatic heterocycles. The highest BCUT2D eigenvalue weighted by atomic mass is 35.5. The highest BCUT2D eigenvalue weighted by molar-refractivity contribution is 6.34. The van der Waals surface area contributed by atoms with E-state index in [0.717, 1.165) is 11.3 Å². The Morgan fingerprint density at radius 2 is 1.89 bits per heavy atom. The van der Waals surface area contributed by atoms with Gasteiger partial charge in [-0.15, -0.1) is 0 Å². The van der Waals surface area contributed by atoms with Crippen LogP contribution in [0.15, 0.2) is 59.5 Å². The predicted molar refractivity (Wildman–Crippen MR) is 107 cm³/mol. The summed E-state index contributed by atoms with van der Waals surface area (Å²) in [4.78, 5) is 26.0. The molecule has 8 heteroatoms. The van der Waals surface area contributed by atoms with Gasteiger partial charge in [0.05, 0.1) is 16.3 Å². The zero-order valence-electron chi connectivity index (χ0n) is 13.9. The number of nitrogens with one attached hydrogen (secondary N) is 3. The van der Waals surface area contributed by atoms with Gasteiger partial charge in [0.2, 0.25) is 5.56 Å². The van der Waals surface area contributed by atoms with Gasteiger partial charge >= 0.3 is 0 Å². The number of carbonyl (C=O) groups is 1. The van der Waals surface area contributed by atoms with Crippen LogP contribution >= 0.6 is 23.2 Å². The summed E-state index contributed by atoms with van der Waals surface area (Å²) in [7, 11) is 0. The Kier molecular flexibility index (Phi) is 5.69. The fourth-order valence-corrected chi connectivity index (χ4v) is 2.76. The van der Waals surface area contributed by atoms with Crippen molar-refractivity contribution in [2.45, 2.75) is 6.54 Å². The van der Waals surface area contributed by atoms with Crippen LogP contribution in [0.2, 0.25) is 10.0 Å². The maximum Gasteiger partial charge on any atom is 0.259 e. The molecule has 2 aromatic carbocycles. The van der Waals surface area contributed by atoms with Gasteiger partial charge in [0, 0.05) is 29.5 Å². The largest absolute Gasteiger partial charge is 0.507 e. The molecule has 0 unspecified atom stereocenters. The third-order valence-electron chi connectivity index (χ3n) is 3.77. The van der Waals surface area contributed by atoms with Crippen molar-refractivity contribution < 1.29 is 9.90 Å². The molecule has 1 amide bonds. The lowest BCUT2D eigenvalue weighted by Crippen LogP contribution is -2.12. The summed E-state index contributed by atoms with van der Waals surface area (Å²) in [5.41, 5.74) is 1.94. The normalized spacial score (nSPS) is 10.4. The number of anilines is 2. The molecule has 27 heavy (non-hydrogen) atoms. The summed E-state index contributed by atoms with van der Waals surface area (Å²) in [5.74, 6) is -0.696. The van der Waals surface area contributed by atoms with Crippen LogP contribution in [0, 0.1) is 0 Å². The van der Waals surface area contributed by atoms with Crippen LogP contribution in [0.1, 0.15) is 15.9 Å². The summed E-state index contributed by atoms with van der Waals surface area (Å²) in [6, 6.07) is 12.5. The van der Waals surface area contributed by atoms with Gasteiger partial charge in [0.15, 0.2) is 0 Å². The van der Waals surface area contributed by atoms with Crippen LogP contribution < -0.4 is 16.2 Å². The Balaban J connectivity index is 1.69. The van der Waals surface area contributed by atoms with Crippen molar-refractivity contribution in [3.05, 3.63) is 86.3 Å². The van der Waals surface area contributed by atoms with Crippen molar-refractivity contribution >= 4 is 40.5 Å². The van der Waals surface area contributed by atoms with Gasteiger partial charge in [-0.25, -0.2) is 0 Å². The number of aromatic nitrogens is 1. The molecule has 0 aliphatic rings. The first-order valence-corrected chi connectivity index (χ1v) is 8.69. The number of rotatable bonds is 5. The number of H-pyrrole nitrogens is 1. The maximum absolute atomic E-state index is 12.3. The van der Waals surface area contributed by atoms with Gasteiger partial charge in [0.25, 0.3) is 5.91 Å². The maximum atomic E-state index is 12.3. The first-order chi connectivity index (χ1) is 12.9. The molecule has 0 radical (unpaired) electrons. The molecule has 0 fully saturated rings. The second kappa shape index (κ2) is 8.16. The molecule has 4 N–H and O–H groups in total. The lowest BCUT2D eigenvalue weighted by Gasteiger charge is -2.11. The van der Waals surface area contributed by atoms with E-state index in [1.165, 1.54) is 24.3 Å². The topological polar surface area (TPSA) is 94.2 Å². The summed E-state index contributed by atoms with van der Waals surface area (Å²) in [6.45, 7) is 0.495. The predicted octanol–water partition coefficient (Wildman–Crippen LogP) is 4.25. The van der Waals surface area contributed by atoms with Crippen LogP contribution in [0.25, 0.3) is 0 Å². The smallest absolute Gasteiger partial charge is 0.259 e. The molecule has 0 spiro atoms. The number of aromatic amines is 1. The van der Waals surface area contributed by atoms with E-state index in [0.29, 0.717) is 22.3 Å². The third kappa shape index (κ3) is 4.81. The van der Waals surface area contributed by atoms with Crippen LogP contribution in [0.3, 0.4) is 0 Å². The van der Waals surface area contributed by atoms with Crippen molar-refractivity contribution in [3.8, 4) is 5.75 Å². The molecule has 0 aliphatic heterocycles. The Bertz CT molecular complexity index is 1030. The second-order valence-corrected chi connectivity index (χ2v) is 6.57. The minimum atomic E-state index is -0.522. The van der Waals surface area contributed by atoms with E-state index in [2.05, 4.69) is 15.6 Å². The van der Waals surface area contributed by atoms with Gasteiger partial charge in [-0.2, -0.15) is 0 Å². The first kappa shape index (κ1) is 18.8. The average molecular weight is 404 g/mol. The van der Waals surface area contributed by atoms with Gasteiger partial charge < -0.3 is 20.7 Å². The Morgan fingerprint density at radius 3 is 2.59 bits per heavy atom. The standard InChI is InChI=1S/C19H15Cl2N3O3/c20-12-2-5-17(25)14(7-12)19(27)24-16-4-3-13(8-15(16)21)22-9-11-1-6-18(26)23-10-11/h1-8,10,22,25H,9H2,(H,23,26)(H,24,27). The second-order valence-electron chi connectivity index (χ2n) is 5.72. The van der Waals surface area contributed by atoms with E-state index in [1.54, 1.807) is 30.5 Å². The van der Waals surface area contributed by atoms with Crippen LogP contribution in [0.5, 0.6) is 5.75 Å². The van der Waals surface area contributed by atoms with Gasteiger partial charge in [-0.05, 0) is 42.0 Å². The van der Waals surface area contributed by atoms with Crippen molar-refractivity contribution in [1.29, 1.82) is 0 Å². The highest BCUT2D eigenvalue weighted by Crippen LogP contribution is 2.28. The van der Waals surface area contributed by atoms with Crippen molar-refractivity contribution in [1.82, 2.24) is 4.98 Å². The average Bonchev–Trinajstić information content (AvgIpc) is 2.65. The number of phenolic OH excluding ortho intramolecular Hbond substituents is 1. The zero-order chi connectivity index (χ0) is 19.4. The number of hydrogen-bond donors (Lipinski definition) is 4. The first-order valence-electron chi connectivity index (χ1n) is 7.93. The molecule has 6 nitrogen and oxygen atoms in total. The molecular weight excluding hydrogens is 389 g/mol. The molecule has 0 atom stereocenters. The van der Waals surface area contributed by atoms with E-state index in [-0.39, 0.29) is 16.9 Å². The number of benzene rings is 2. The van der Waals surface area contributed by atoms with Gasteiger partial charge in [-0.3, -0.25) is 9.59 Å². The number of aromatic hydroxyl groups is 1. The van der Waals surface area contributed by atoms with E-state index in [1.807, 2.05) is 0 Å². The fraction of sp³-hybridized carbons (Fsp3) is 0.0526. The zero-order valence-corrected chi connectivity index (χ0v) is 15.4. The summed E-state index contributed by atoms with van der Waals surface area (Å²) >= 11 is 12.1. The molecule has 1 heterocycles. The lowest BCUT2D eigenvalue weighted by atomic mass is 10.2. The van der Waals surface area contributed by atoms with E-state index in [9.17, 15) is 14.7 Å². The van der Waals surface area contributed by atoms with Crippen LogP contribution in [0.4, 0.5) is 11.4 Å². The number of halogens is 2. The molecular formula is C19H15Cl2N3O3. The minimum absolute atomic E-state index is 0.0545. The summed E-state index contributed by atoms with van der Waals surface area (Å²) < 4.78 is 0. The van der Waals surface area contributed by atoms with Crippen LogP contribution in [-0.2, 0) is 6.54 Å². The Morgan fingerprint density at radius 1 is 1.07 bits per heavy atom.